The molecule has 1 atom stereocenters. The minimum absolute atomic E-state index is 0.187. The van der Waals surface area contributed by atoms with Crippen molar-refractivity contribution in [2.24, 2.45) is 0 Å². The van der Waals surface area contributed by atoms with E-state index in [0.717, 1.165) is 67.7 Å². The van der Waals surface area contributed by atoms with Crippen LogP contribution in [0.3, 0.4) is 0 Å². The van der Waals surface area contributed by atoms with Crippen LogP contribution in [-0.2, 0) is 24.2 Å². The van der Waals surface area contributed by atoms with Gasteiger partial charge in [-0.1, -0.05) is 13.8 Å². The molecule has 0 unspecified atom stereocenters. The van der Waals surface area contributed by atoms with Gasteiger partial charge in [0.15, 0.2) is 0 Å². The lowest BCUT2D eigenvalue weighted by atomic mass is 9.96. The maximum absolute atomic E-state index is 12.7. The second-order valence-corrected chi connectivity index (χ2v) is 8.31. The second-order valence-electron chi connectivity index (χ2n) is 7.42. The summed E-state index contributed by atoms with van der Waals surface area (Å²) in [4.78, 5) is 19.3. The van der Waals surface area contributed by atoms with Crippen molar-refractivity contribution in [3.05, 3.63) is 27.7 Å². The van der Waals surface area contributed by atoms with Gasteiger partial charge in [0.05, 0.1) is 17.1 Å². The van der Waals surface area contributed by atoms with E-state index in [1.54, 1.807) is 11.3 Å². The van der Waals surface area contributed by atoms with Crippen molar-refractivity contribution in [3.8, 4) is 0 Å². The number of thiazole rings is 1. The number of aromatic nitrogens is 4. The SMILES string of the molecule is CC(C)c1nc(CC(=O)N2CCC[C@H](c3nnc4n3CCC4)C2)cs1. The number of rotatable bonds is 4. The molecule has 6 nitrogen and oxygen atoms in total. The van der Waals surface area contributed by atoms with Gasteiger partial charge < -0.3 is 9.47 Å². The summed E-state index contributed by atoms with van der Waals surface area (Å²) in [6.07, 6.45) is 4.73. The first-order valence-electron chi connectivity index (χ1n) is 9.26. The van der Waals surface area contributed by atoms with Crippen molar-refractivity contribution in [2.75, 3.05) is 13.1 Å². The molecule has 2 aliphatic heterocycles. The summed E-state index contributed by atoms with van der Waals surface area (Å²) < 4.78 is 2.27. The molecule has 4 rings (SSSR count). The molecule has 2 aromatic rings. The van der Waals surface area contributed by atoms with Crippen LogP contribution in [0.2, 0.25) is 0 Å². The molecule has 0 spiro atoms. The van der Waals surface area contributed by atoms with E-state index in [2.05, 4.69) is 33.6 Å². The van der Waals surface area contributed by atoms with Crippen molar-refractivity contribution in [3.63, 3.8) is 0 Å². The molecule has 1 saturated heterocycles. The third-order valence-corrected chi connectivity index (χ3v) is 6.37. The summed E-state index contributed by atoms with van der Waals surface area (Å²) >= 11 is 1.65. The Labute approximate surface area is 152 Å². The van der Waals surface area contributed by atoms with E-state index in [-0.39, 0.29) is 5.91 Å². The number of likely N-dealkylation sites (tertiary alicyclic amines) is 1. The zero-order valence-electron chi connectivity index (χ0n) is 14.9. The van der Waals surface area contributed by atoms with Crippen LogP contribution in [0.25, 0.3) is 0 Å². The first-order valence-corrected chi connectivity index (χ1v) is 10.1. The molecule has 0 saturated carbocycles. The molecule has 0 bridgehead atoms. The number of hydrogen-bond donors (Lipinski definition) is 0. The standard InChI is InChI=1S/C18H25N5OS/c1-12(2)18-19-14(11-25-18)9-16(24)22-7-3-5-13(10-22)17-21-20-15-6-4-8-23(15)17/h11-13H,3-10H2,1-2H3/t13-/m0/s1. The van der Waals surface area contributed by atoms with Crippen molar-refractivity contribution in [2.45, 2.75) is 64.3 Å². The fourth-order valence-electron chi connectivity index (χ4n) is 3.83. The average molecular weight is 359 g/mol. The van der Waals surface area contributed by atoms with Gasteiger partial charge in [-0.3, -0.25) is 4.79 Å². The quantitative estimate of drug-likeness (QED) is 0.842. The topological polar surface area (TPSA) is 63.9 Å². The molecule has 0 radical (unpaired) electrons. The Balaban J connectivity index is 1.42. The summed E-state index contributed by atoms with van der Waals surface area (Å²) in [5, 5.41) is 11.9. The Kier molecular flexibility index (Phi) is 4.58. The molecule has 7 heteroatoms. The van der Waals surface area contributed by atoms with Gasteiger partial charge in [0.1, 0.15) is 11.6 Å². The lowest BCUT2D eigenvalue weighted by Gasteiger charge is -2.32. The van der Waals surface area contributed by atoms with Crippen LogP contribution in [0.15, 0.2) is 5.38 Å². The van der Waals surface area contributed by atoms with Gasteiger partial charge >= 0.3 is 0 Å². The van der Waals surface area contributed by atoms with Crippen molar-refractivity contribution < 1.29 is 4.79 Å². The predicted molar refractivity (Wildman–Crippen MR) is 96.8 cm³/mol. The van der Waals surface area contributed by atoms with Crippen LogP contribution >= 0.6 is 11.3 Å². The highest BCUT2D eigenvalue weighted by molar-refractivity contribution is 7.09. The second kappa shape index (κ2) is 6.86. The Morgan fingerprint density at radius 1 is 1.32 bits per heavy atom. The summed E-state index contributed by atoms with van der Waals surface area (Å²) in [5.74, 6) is 3.12. The van der Waals surface area contributed by atoms with E-state index < -0.39 is 0 Å². The maximum Gasteiger partial charge on any atom is 0.228 e. The number of nitrogens with zero attached hydrogens (tertiary/aromatic N) is 5. The first kappa shape index (κ1) is 16.7. The highest BCUT2D eigenvalue weighted by Gasteiger charge is 2.30. The monoisotopic (exact) mass is 359 g/mol. The van der Waals surface area contributed by atoms with E-state index in [1.165, 1.54) is 0 Å². The van der Waals surface area contributed by atoms with E-state index in [0.29, 0.717) is 18.3 Å². The largest absolute Gasteiger partial charge is 0.342 e. The molecule has 1 amide bonds. The Hall–Kier alpha value is -1.76. The molecule has 25 heavy (non-hydrogen) atoms. The summed E-state index contributed by atoms with van der Waals surface area (Å²) in [7, 11) is 0. The Morgan fingerprint density at radius 3 is 3.00 bits per heavy atom. The van der Waals surface area contributed by atoms with Gasteiger partial charge in [-0.15, -0.1) is 21.5 Å². The van der Waals surface area contributed by atoms with Crippen LogP contribution in [-0.4, -0.2) is 43.6 Å². The van der Waals surface area contributed by atoms with Gasteiger partial charge in [-0.25, -0.2) is 4.98 Å². The molecule has 2 aromatic heterocycles. The number of hydrogen-bond acceptors (Lipinski definition) is 5. The lowest BCUT2D eigenvalue weighted by molar-refractivity contribution is -0.131. The van der Waals surface area contributed by atoms with Gasteiger partial charge in [0.25, 0.3) is 0 Å². The molecule has 0 aliphatic carbocycles. The molecule has 4 heterocycles. The molecule has 2 aliphatic rings. The average Bonchev–Trinajstić information content (AvgIpc) is 3.31. The third-order valence-electron chi connectivity index (χ3n) is 5.17. The van der Waals surface area contributed by atoms with Crippen LogP contribution in [0, 0.1) is 0 Å². The number of piperidine rings is 1. The Bertz CT molecular complexity index is 765. The molecule has 0 N–H and O–H groups in total. The predicted octanol–water partition coefficient (Wildman–Crippen LogP) is 2.75. The summed E-state index contributed by atoms with van der Waals surface area (Å²) in [6, 6.07) is 0. The van der Waals surface area contributed by atoms with Crippen molar-refractivity contribution in [1.82, 2.24) is 24.6 Å². The van der Waals surface area contributed by atoms with E-state index in [4.69, 9.17) is 0 Å². The molecule has 1 fully saturated rings. The maximum atomic E-state index is 12.7. The van der Waals surface area contributed by atoms with Gasteiger partial charge in [-0.05, 0) is 19.3 Å². The highest BCUT2D eigenvalue weighted by atomic mass is 32.1. The minimum atomic E-state index is 0.187. The fraction of sp³-hybridized carbons (Fsp3) is 0.667. The van der Waals surface area contributed by atoms with E-state index >= 15 is 0 Å². The smallest absolute Gasteiger partial charge is 0.228 e. The van der Waals surface area contributed by atoms with Gasteiger partial charge in [0.2, 0.25) is 5.91 Å². The first-order chi connectivity index (χ1) is 12.1. The molecule has 134 valence electrons. The van der Waals surface area contributed by atoms with E-state index in [1.807, 2.05) is 10.3 Å². The normalized spacial score (nSPS) is 20.3. The highest BCUT2D eigenvalue weighted by Crippen LogP contribution is 2.29. The number of aryl methyl sites for hydroxylation is 1. The van der Waals surface area contributed by atoms with Crippen LogP contribution in [0.5, 0.6) is 0 Å². The number of fused-ring (bicyclic) bond motifs is 1. The summed E-state index contributed by atoms with van der Waals surface area (Å²) in [6.45, 7) is 6.90. The third kappa shape index (κ3) is 3.34. The fourth-order valence-corrected chi connectivity index (χ4v) is 4.66. The number of amides is 1. The summed E-state index contributed by atoms with van der Waals surface area (Å²) in [5.41, 5.74) is 0.907. The van der Waals surface area contributed by atoms with Gasteiger partial charge in [-0.2, -0.15) is 0 Å². The van der Waals surface area contributed by atoms with Gasteiger partial charge in [0, 0.05) is 43.3 Å². The minimum Gasteiger partial charge on any atom is -0.342 e. The molecular formula is C18H25N5OS. The number of carbonyl (C=O) groups excluding carboxylic acids is 1. The molecule has 0 aromatic carbocycles. The number of carbonyl (C=O) groups is 1. The zero-order chi connectivity index (χ0) is 17.4. The zero-order valence-corrected chi connectivity index (χ0v) is 15.8. The van der Waals surface area contributed by atoms with Crippen molar-refractivity contribution >= 4 is 17.2 Å². The van der Waals surface area contributed by atoms with Crippen LogP contribution in [0.1, 0.15) is 67.3 Å². The van der Waals surface area contributed by atoms with E-state index in [9.17, 15) is 4.79 Å². The van der Waals surface area contributed by atoms with Crippen LogP contribution < -0.4 is 0 Å². The Morgan fingerprint density at radius 2 is 2.20 bits per heavy atom. The van der Waals surface area contributed by atoms with Crippen molar-refractivity contribution in [1.29, 1.82) is 0 Å². The lowest BCUT2D eigenvalue weighted by Crippen LogP contribution is -2.40. The molecular weight excluding hydrogens is 334 g/mol. The van der Waals surface area contributed by atoms with Crippen LogP contribution in [0.4, 0.5) is 0 Å².